The number of hydrogen-bond donors (Lipinski definition) is 1. The van der Waals surface area contributed by atoms with Crippen molar-refractivity contribution in [3.8, 4) is 5.75 Å². The monoisotopic (exact) mass is 368 g/mol. The van der Waals surface area contributed by atoms with Crippen LogP contribution in [0.1, 0.15) is 47.6 Å². The summed E-state index contributed by atoms with van der Waals surface area (Å²) in [6.45, 7) is 11.5. The summed E-state index contributed by atoms with van der Waals surface area (Å²) in [5.41, 5.74) is 6.63. The average molecular weight is 369 g/mol. The molecule has 0 aliphatic carbocycles. The molecule has 4 heteroatoms. The molecule has 0 radical (unpaired) electrons. The van der Waals surface area contributed by atoms with Gasteiger partial charge in [0, 0.05) is 12.2 Å². The molecule has 1 N–H and O–H groups in total. The Hall–Kier alpha value is -2.33. The zero-order valence-corrected chi connectivity index (χ0v) is 17.6. The minimum absolute atomic E-state index is 0.00987. The lowest BCUT2D eigenvalue weighted by Gasteiger charge is -2.20. The molecule has 0 saturated heterocycles. The Kier molecular flexibility index (Phi) is 7.03. The summed E-state index contributed by atoms with van der Waals surface area (Å²) in [6.07, 6.45) is 0. The third-order valence-electron chi connectivity index (χ3n) is 4.78. The van der Waals surface area contributed by atoms with Crippen LogP contribution >= 0.6 is 0 Å². The Morgan fingerprint density at radius 2 is 1.74 bits per heavy atom. The molecule has 1 amide bonds. The summed E-state index contributed by atoms with van der Waals surface area (Å²) in [6, 6.07) is 10.4. The van der Waals surface area contributed by atoms with Gasteiger partial charge in [-0.3, -0.25) is 9.69 Å². The smallest absolute Gasteiger partial charge is 0.238 e. The van der Waals surface area contributed by atoms with Crippen molar-refractivity contribution in [2.24, 2.45) is 0 Å². The number of rotatable bonds is 7. The van der Waals surface area contributed by atoms with Crippen LogP contribution in [0, 0.1) is 20.8 Å². The first-order chi connectivity index (χ1) is 12.7. The lowest BCUT2D eigenvalue weighted by atomic mass is 9.98. The molecule has 0 atom stereocenters. The highest BCUT2D eigenvalue weighted by Gasteiger charge is 2.14. The topological polar surface area (TPSA) is 41.6 Å². The second-order valence-electron chi connectivity index (χ2n) is 7.68. The van der Waals surface area contributed by atoms with Gasteiger partial charge in [-0.15, -0.1) is 0 Å². The van der Waals surface area contributed by atoms with Crippen LogP contribution in [0.5, 0.6) is 5.75 Å². The van der Waals surface area contributed by atoms with Crippen LogP contribution in [0.25, 0.3) is 0 Å². The van der Waals surface area contributed by atoms with E-state index in [4.69, 9.17) is 4.74 Å². The Bertz CT molecular complexity index is 789. The van der Waals surface area contributed by atoms with Crippen LogP contribution < -0.4 is 10.1 Å². The minimum atomic E-state index is 0.00987. The second-order valence-corrected chi connectivity index (χ2v) is 7.68. The molecule has 0 bridgehead atoms. The van der Waals surface area contributed by atoms with Gasteiger partial charge in [-0.1, -0.05) is 44.2 Å². The van der Waals surface area contributed by atoms with Crippen molar-refractivity contribution < 1.29 is 9.53 Å². The van der Waals surface area contributed by atoms with Crippen LogP contribution in [-0.2, 0) is 11.3 Å². The Morgan fingerprint density at radius 1 is 1.11 bits per heavy atom. The lowest BCUT2D eigenvalue weighted by Crippen LogP contribution is -2.30. The minimum Gasteiger partial charge on any atom is -0.496 e. The first-order valence-electron chi connectivity index (χ1n) is 9.45. The number of carbonyl (C=O) groups excluding carboxylic acids is 1. The number of anilines is 1. The molecule has 146 valence electrons. The van der Waals surface area contributed by atoms with E-state index < -0.39 is 0 Å². The number of likely N-dealkylation sites (N-methyl/N-ethyl adjacent to an activating group) is 1. The number of nitrogens with zero attached hydrogens (tertiary/aromatic N) is 1. The van der Waals surface area contributed by atoms with Gasteiger partial charge in [0.25, 0.3) is 0 Å². The zero-order chi connectivity index (χ0) is 20.1. The van der Waals surface area contributed by atoms with Gasteiger partial charge in [0.15, 0.2) is 0 Å². The second kappa shape index (κ2) is 9.05. The maximum Gasteiger partial charge on any atom is 0.238 e. The molecule has 0 saturated carbocycles. The zero-order valence-electron chi connectivity index (χ0n) is 17.6. The van der Waals surface area contributed by atoms with Crippen LogP contribution in [0.15, 0.2) is 30.3 Å². The molecule has 0 aromatic heterocycles. The fourth-order valence-corrected chi connectivity index (χ4v) is 3.59. The third kappa shape index (κ3) is 5.33. The van der Waals surface area contributed by atoms with Crippen LogP contribution in [0.2, 0.25) is 0 Å². The highest BCUT2D eigenvalue weighted by atomic mass is 16.5. The molecule has 2 rings (SSSR count). The first kappa shape index (κ1) is 21.0. The molecule has 27 heavy (non-hydrogen) atoms. The maximum absolute atomic E-state index is 12.6. The van der Waals surface area contributed by atoms with E-state index in [9.17, 15) is 4.79 Å². The van der Waals surface area contributed by atoms with E-state index >= 15 is 0 Å². The number of amides is 1. The molecule has 2 aromatic carbocycles. The molecular formula is C23H32N2O2. The van der Waals surface area contributed by atoms with Gasteiger partial charge in [-0.05, 0) is 61.6 Å². The van der Waals surface area contributed by atoms with E-state index in [1.807, 2.05) is 44.9 Å². The number of aryl methyl sites for hydroxylation is 3. The van der Waals surface area contributed by atoms with Gasteiger partial charge in [0.1, 0.15) is 5.75 Å². The maximum atomic E-state index is 12.6. The fraction of sp³-hybridized carbons (Fsp3) is 0.435. The summed E-state index contributed by atoms with van der Waals surface area (Å²) in [7, 11) is 3.66. The number of nitrogens with one attached hydrogen (secondary N) is 1. The van der Waals surface area contributed by atoms with Gasteiger partial charge < -0.3 is 10.1 Å². The molecule has 0 aliphatic heterocycles. The molecule has 0 spiro atoms. The summed E-state index contributed by atoms with van der Waals surface area (Å²) in [5, 5.41) is 3.12. The quantitative estimate of drug-likeness (QED) is 0.762. The molecule has 4 nitrogen and oxygen atoms in total. The number of carbonyl (C=O) groups is 1. The number of methoxy groups -OCH3 is 1. The van der Waals surface area contributed by atoms with Crippen molar-refractivity contribution in [3.63, 3.8) is 0 Å². The normalized spacial score (nSPS) is 11.1. The van der Waals surface area contributed by atoms with Crippen molar-refractivity contribution in [1.29, 1.82) is 0 Å². The van der Waals surface area contributed by atoms with E-state index in [-0.39, 0.29) is 5.91 Å². The van der Waals surface area contributed by atoms with Crippen LogP contribution in [0.4, 0.5) is 5.69 Å². The number of para-hydroxylation sites is 1. The van der Waals surface area contributed by atoms with Crippen molar-refractivity contribution in [2.45, 2.75) is 47.1 Å². The average Bonchev–Trinajstić information content (AvgIpc) is 2.56. The summed E-state index contributed by atoms with van der Waals surface area (Å²) in [4.78, 5) is 14.6. The molecule has 2 aromatic rings. The SMILES string of the molecule is COc1c(C)cc(CN(C)CC(=O)Nc2c(C)cccc2C(C)C)cc1C. The summed E-state index contributed by atoms with van der Waals surface area (Å²) >= 11 is 0. The Balaban J connectivity index is 2.05. The number of ether oxygens (including phenoxy) is 1. The highest BCUT2D eigenvalue weighted by molar-refractivity contribution is 5.93. The van der Waals surface area contributed by atoms with E-state index in [0.717, 1.165) is 28.1 Å². The van der Waals surface area contributed by atoms with Crippen LogP contribution in [0.3, 0.4) is 0 Å². The van der Waals surface area contributed by atoms with Gasteiger partial charge in [0.05, 0.1) is 13.7 Å². The first-order valence-corrected chi connectivity index (χ1v) is 9.45. The highest BCUT2D eigenvalue weighted by Crippen LogP contribution is 2.27. The van der Waals surface area contributed by atoms with Crippen molar-refractivity contribution in [3.05, 3.63) is 58.1 Å². The Labute approximate surface area is 163 Å². The van der Waals surface area contributed by atoms with Gasteiger partial charge >= 0.3 is 0 Å². The largest absolute Gasteiger partial charge is 0.496 e. The number of benzene rings is 2. The van der Waals surface area contributed by atoms with Gasteiger partial charge in [-0.25, -0.2) is 0 Å². The van der Waals surface area contributed by atoms with E-state index in [1.165, 1.54) is 11.1 Å². The van der Waals surface area contributed by atoms with E-state index in [1.54, 1.807) is 7.11 Å². The summed E-state index contributed by atoms with van der Waals surface area (Å²) < 4.78 is 5.43. The lowest BCUT2D eigenvalue weighted by molar-refractivity contribution is -0.117. The van der Waals surface area contributed by atoms with Crippen LogP contribution in [-0.4, -0.2) is 31.5 Å². The third-order valence-corrected chi connectivity index (χ3v) is 4.78. The number of hydrogen-bond acceptors (Lipinski definition) is 3. The fourth-order valence-electron chi connectivity index (χ4n) is 3.59. The van der Waals surface area contributed by atoms with Crippen molar-refractivity contribution >= 4 is 11.6 Å². The molecule has 0 unspecified atom stereocenters. The van der Waals surface area contributed by atoms with Crippen molar-refractivity contribution in [2.75, 3.05) is 26.0 Å². The van der Waals surface area contributed by atoms with Gasteiger partial charge in [-0.2, -0.15) is 0 Å². The molecular weight excluding hydrogens is 336 g/mol. The molecule has 0 heterocycles. The van der Waals surface area contributed by atoms with Crippen molar-refractivity contribution in [1.82, 2.24) is 4.90 Å². The standard InChI is InChI=1S/C23H32N2O2/c1-15(2)20-10-8-9-16(3)22(20)24-21(26)14-25(6)13-19-11-17(4)23(27-7)18(5)12-19/h8-12,15H,13-14H2,1-7H3,(H,24,26). The predicted octanol–water partition coefficient (Wildman–Crippen LogP) is 4.81. The predicted molar refractivity (Wildman–Crippen MR) is 113 cm³/mol. The van der Waals surface area contributed by atoms with E-state index in [2.05, 4.69) is 37.4 Å². The Morgan fingerprint density at radius 3 is 2.30 bits per heavy atom. The summed E-state index contributed by atoms with van der Waals surface area (Å²) in [5.74, 6) is 1.30. The van der Waals surface area contributed by atoms with E-state index in [0.29, 0.717) is 19.0 Å². The van der Waals surface area contributed by atoms with Gasteiger partial charge in [0.2, 0.25) is 5.91 Å². The molecule has 0 fully saturated rings. The molecule has 0 aliphatic rings.